The van der Waals surface area contributed by atoms with Crippen molar-refractivity contribution in [3.8, 4) is 23.3 Å². The molecule has 2 aromatic carbocycles. The van der Waals surface area contributed by atoms with Gasteiger partial charge < -0.3 is 20.5 Å². The second kappa shape index (κ2) is 6.80. The molecule has 1 aromatic heterocycles. The van der Waals surface area contributed by atoms with Crippen LogP contribution >= 0.6 is 0 Å². The van der Waals surface area contributed by atoms with Gasteiger partial charge in [0.2, 0.25) is 11.9 Å². The summed E-state index contributed by atoms with van der Waals surface area (Å²) in [5, 5.41) is 16.3. The fraction of sp³-hybridized carbons (Fsp3) is 0.118. The van der Waals surface area contributed by atoms with E-state index in [9.17, 15) is 0 Å². The molecule has 8 nitrogen and oxygen atoms in total. The number of aromatic nitrogens is 3. The molecule has 3 N–H and O–H groups in total. The van der Waals surface area contributed by atoms with Crippen LogP contribution in [0.25, 0.3) is 5.69 Å². The Kier molecular flexibility index (Phi) is 4.39. The lowest BCUT2D eigenvalue weighted by atomic mass is 10.2. The summed E-state index contributed by atoms with van der Waals surface area (Å²) in [7, 11) is 3.16. The average molecular weight is 336 g/mol. The van der Waals surface area contributed by atoms with E-state index >= 15 is 0 Å². The maximum absolute atomic E-state index is 8.87. The molecule has 3 aromatic rings. The summed E-state index contributed by atoms with van der Waals surface area (Å²) in [6, 6.07) is 14.3. The Morgan fingerprint density at radius 2 is 1.88 bits per heavy atom. The van der Waals surface area contributed by atoms with E-state index in [1.54, 1.807) is 56.7 Å². The zero-order chi connectivity index (χ0) is 17.8. The van der Waals surface area contributed by atoms with Crippen molar-refractivity contribution in [3.05, 3.63) is 48.0 Å². The highest BCUT2D eigenvalue weighted by Gasteiger charge is 2.12. The second-order valence-electron chi connectivity index (χ2n) is 5.06. The van der Waals surface area contributed by atoms with Gasteiger partial charge in [0.05, 0.1) is 37.2 Å². The number of hydrogen-bond donors (Lipinski definition) is 2. The van der Waals surface area contributed by atoms with Crippen molar-refractivity contribution < 1.29 is 9.47 Å². The molecule has 0 radical (unpaired) electrons. The van der Waals surface area contributed by atoms with E-state index in [1.807, 2.05) is 0 Å². The van der Waals surface area contributed by atoms with Crippen molar-refractivity contribution in [2.24, 2.45) is 0 Å². The van der Waals surface area contributed by atoms with Gasteiger partial charge in [-0.05, 0) is 36.4 Å². The number of anilines is 3. The van der Waals surface area contributed by atoms with E-state index in [2.05, 4.69) is 21.5 Å². The van der Waals surface area contributed by atoms with E-state index in [0.717, 1.165) is 0 Å². The van der Waals surface area contributed by atoms with Crippen LogP contribution in [-0.4, -0.2) is 29.0 Å². The minimum absolute atomic E-state index is 0.217. The molecule has 0 saturated carbocycles. The van der Waals surface area contributed by atoms with Crippen LogP contribution in [0.1, 0.15) is 5.56 Å². The van der Waals surface area contributed by atoms with Crippen molar-refractivity contribution in [3.63, 3.8) is 0 Å². The smallest absolute Gasteiger partial charge is 0.248 e. The van der Waals surface area contributed by atoms with Gasteiger partial charge in [-0.25, -0.2) is 0 Å². The van der Waals surface area contributed by atoms with Crippen LogP contribution in [0.2, 0.25) is 0 Å². The number of nitrogens with two attached hydrogens (primary N) is 1. The zero-order valence-electron chi connectivity index (χ0n) is 13.7. The van der Waals surface area contributed by atoms with Crippen molar-refractivity contribution in [2.75, 3.05) is 25.3 Å². The third-order valence-electron chi connectivity index (χ3n) is 3.53. The number of rotatable bonds is 5. The summed E-state index contributed by atoms with van der Waals surface area (Å²) in [6.45, 7) is 0. The zero-order valence-corrected chi connectivity index (χ0v) is 13.7. The Balaban J connectivity index is 1.91. The Labute approximate surface area is 144 Å². The average Bonchev–Trinajstić information content (AvgIpc) is 3.01. The van der Waals surface area contributed by atoms with Gasteiger partial charge in [-0.1, -0.05) is 0 Å². The summed E-state index contributed by atoms with van der Waals surface area (Å²) in [6.07, 6.45) is 0. The summed E-state index contributed by atoms with van der Waals surface area (Å²) < 4.78 is 12.0. The SMILES string of the molecule is COc1ccc(OC)c(Nc2nc(N)n(-c3ccc(C#N)cc3)n2)c1. The molecule has 0 aliphatic rings. The summed E-state index contributed by atoms with van der Waals surface area (Å²) in [5.41, 5.74) is 7.87. The van der Waals surface area contributed by atoms with Gasteiger partial charge in [0.1, 0.15) is 11.5 Å². The lowest BCUT2D eigenvalue weighted by Gasteiger charge is -2.10. The maximum Gasteiger partial charge on any atom is 0.248 e. The highest BCUT2D eigenvalue weighted by molar-refractivity contribution is 5.65. The predicted octanol–water partition coefficient (Wildman–Crippen LogP) is 2.48. The van der Waals surface area contributed by atoms with Gasteiger partial charge in [-0.3, -0.25) is 0 Å². The van der Waals surface area contributed by atoms with Crippen molar-refractivity contribution >= 4 is 17.6 Å². The van der Waals surface area contributed by atoms with Gasteiger partial charge in [-0.15, -0.1) is 5.10 Å². The molecule has 0 spiro atoms. The van der Waals surface area contributed by atoms with Gasteiger partial charge in [0.15, 0.2) is 0 Å². The van der Waals surface area contributed by atoms with Gasteiger partial charge >= 0.3 is 0 Å². The van der Waals surface area contributed by atoms with Crippen LogP contribution in [-0.2, 0) is 0 Å². The fourth-order valence-corrected chi connectivity index (χ4v) is 2.28. The van der Waals surface area contributed by atoms with Crippen LogP contribution in [0.15, 0.2) is 42.5 Å². The van der Waals surface area contributed by atoms with E-state index in [0.29, 0.717) is 34.4 Å². The minimum atomic E-state index is 0.217. The van der Waals surface area contributed by atoms with E-state index in [1.165, 1.54) is 4.68 Å². The summed E-state index contributed by atoms with van der Waals surface area (Å²) in [4.78, 5) is 4.21. The fourth-order valence-electron chi connectivity index (χ4n) is 2.28. The predicted molar refractivity (Wildman–Crippen MR) is 93.3 cm³/mol. The van der Waals surface area contributed by atoms with Crippen molar-refractivity contribution in [2.45, 2.75) is 0 Å². The van der Waals surface area contributed by atoms with Crippen LogP contribution in [0.5, 0.6) is 11.5 Å². The van der Waals surface area contributed by atoms with Crippen LogP contribution in [0.4, 0.5) is 17.6 Å². The van der Waals surface area contributed by atoms with Crippen LogP contribution in [0.3, 0.4) is 0 Å². The lowest BCUT2D eigenvalue weighted by molar-refractivity contribution is 0.405. The Morgan fingerprint density at radius 3 is 2.52 bits per heavy atom. The Morgan fingerprint density at radius 1 is 1.12 bits per heavy atom. The minimum Gasteiger partial charge on any atom is -0.497 e. The van der Waals surface area contributed by atoms with Crippen LogP contribution < -0.4 is 20.5 Å². The van der Waals surface area contributed by atoms with E-state index in [-0.39, 0.29) is 5.95 Å². The molecule has 8 heteroatoms. The first-order valence-electron chi connectivity index (χ1n) is 7.36. The number of nitriles is 1. The highest BCUT2D eigenvalue weighted by Crippen LogP contribution is 2.31. The van der Waals surface area contributed by atoms with Crippen molar-refractivity contribution in [1.82, 2.24) is 14.8 Å². The molecule has 126 valence electrons. The molecule has 1 heterocycles. The standard InChI is InChI=1S/C17H16N6O2/c1-24-13-7-8-15(25-2)14(9-13)20-17-21-16(19)23(22-17)12-5-3-11(10-18)4-6-12/h3-9H,1-2H3,(H3,19,20,21,22). The number of hydrogen-bond acceptors (Lipinski definition) is 7. The molecule has 0 saturated heterocycles. The van der Waals surface area contributed by atoms with E-state index in [4.69, 9.17) is 20.5 Å². The number of benzene rings is 2. The third-order valence-corrected chi connectivity index (χ3v) is 3.53. The topological polar surface area (TPSA) is 111 Å². The first-order valence-corrected chi connectivity index (χ1v) is 7.36. The largest absolute Gasteiger partial charge is 0.497 e. The Bertz CT molecular complexity index is 927. The van der Waals surface area contributed by atoms with Gasteiger partial charge in [0, 0.05) is 6.07 Å². The normalized spacial score (nSPS) is 10.1. The summed E-state index contributed by atoms with van der Waals surface area (Å²) in [5.74, 6) is 1.82. The van der Waals surface area contributed by atoms with Gasteiger partial charge in [-0.2, -0.15) is 14.9 Å². The molecular weight excluding hydrogens is 320 g/mol. The molecule has 0 aliphatic carbocycles. The molecular formula is C17H16N6O2. The maximum atomic E-state index is 8.87. The van der Waals surface area contributed by atoms with Crippen LogP contribution in [0, 0.1) is 11.3 Å². The highest BCUT2D eigenvalue weighted by atomic mass is 16.5. The molecule has 25 heavy (non-hydrogen) atoms. The molecule has 3 rings (SSSR count). The van der Waals surface area contributed by atoms with Crippen molar-refractivity contribution in [1.29, 1.82) is 5.26 Å². The number of nitrogens with one attached hydrogen (secondary N) is 1. The molecule has 0 aliphatic heterocycles. The first kappa shape index (κ1) is 16.1. The second-order valence-corrected chi connectivity index (χ2v) is 5.06. The number of methoxy groups -OCH3 is 2. The van der Waals surface area contributed by atoms with Gasteiger partial charge in [0.25, 0.3) is 0 Å². The number of ether oxygens (including phenoxy) is 2. The van der Waals surface area contributed by atoms with E-state index < -0.39 is 0 Å². The quantitative estimate of drug-likeness (QED) is 0.736. The molecule has 0 atom stereocenters. The number of nitrogen functional groups attached to an aromatic ring is 1. The summed E-state index contributed by atoms with van der Waals surface area (Å²) >= 11 is 0. The third kappa shape index (κ3) is 3.30. The molecule has 0 unspecified atom stereocenters. The monoisotopic (exact) mass is 336 g/mol. The first-order chi connectivity index (χ1) is 12.1. The Hall–Kier alpha value is -3.73. The number of nitrogens with zero attached hydrogens (tertiary/aromatic N) is 4. The lowest BCUT2D eigenvalue weighted by Crippen LogP contribution is -2.02. The molecule has 0 fully saturated rings. The molecule has 0 amide bonds. The molecule has 0 bridgehead atoms.